The Hall–Kier alpha value is -1.86. The molecule has 0 radical (unpaired) electrons. The van der Waals surface area contributed by atoms with Crippen LogP contribution in [0.15, 0.2) is 45.8 Å². The van der Waals surface area contributed by atoms with Gasteiger partial charge in [-0.25, -0.2) is 4.39 Å². The van der Waals surface area contributed by atoms with Crippen LogP contribution in [0.4, 0.5) is 10.1 Å². The Morgan fingerprint density at radius 3 is 2.74 bits per heavy atom. The highest BCUT2D eigenvalue weighted by molar-refractivity contribution is 9.10. The van der Waals surface area contributed by atoms with Crippen molar-refractivity contribution < 1.29 is 19.1 Å². The Labute approximate surface area is 169 Å². The van der Waals surface area contributed by atoms with E-state index in [-0.39, 0.29) is 18.9 Å². The number of rotatable bonds is 6. The lowest BCUT2D eigenvalue weighted by atomic mass is 10.1. The molecule has 2 aromatic carbocycles. The lowest BCUT2D eigenvalue weighted by molar-refractivity contribution is -0.138. The zero-order valence-corrected chi connectivity index (χ0v) is 17.1. The lowest BCUT2D eigenvalue weighted by Crippen LogP contribution is -2.41. The summed E-state index contributed by atoms with van der Waals surface area (Å²) >= 11 is 4.50. The second-order valence-electron chi connectivity index (χ2n) is 6.42. The summed E-state index contributed by atoms with van der Waals surface area (Å²) in [7, 11) is 0. The van der Waals surface area contributed by atoms with Gasteiger partial charge in [-0.2, -0.15) is 0 Å². The molecule has 0 fully saturated rings. The van der Waals surface area contributed by atoms with Crippen LogP contribution < -0.4 is 4.90 Å². The Morgan fingerprint density at radius 2 is 2.07 bits per heavy atom. The van der Waals surface area contributed by atoms with Crippen LogP contribution >= 0.6 is 27.7 Å². The van der Waals surface area contributed by atoms with E-state index in [2.05, 4.69) is 22.9 Å². The number of fused-ring (bicyclic) bond motifs is 1. The maximum absolute atomic E-state index is 14.3. The lowest BCUT2D eigenvalue weighted by Gasteiger charge is -2.34. The summed E-state index contributed by atoms with van der Waals surface area (Å²) < 4.78 is 15.0. The molecule has 7 heteroatoms. The molecule has 4 nitrogen and oxygen atoms in total. The van der Waals surface area contributed by atoms with Crippen molar-refractivity contribution >= 4 is 45.3 Å². The minimum absolute atomic E-state index is 0.0667. The number of carboxylic acid groups (broad SMARTS) is 1. The van der Waals surface area contributed by atoms with E-state index in [9.17, 15) is 14.0 Å². The average molecular weight is 452 g/mol. The summed E-state index contributed by atoms with van der Waals surface area (Å²) in [6, 6.07) is 10.6. The van der Waals surface area contributed by atoms with Crippen LogP contribution in [0, 0.1) is 5.82 Å². The Kier molecular flexibility index (Phi) is 6.22. The summed E-state index contributed by atoms with van der Waals surface area (Å²) in [6.07, 6.45) is 1.59. The molecule has 2 aromatic rings. The molecular weight excluding hydrogens is 433 g/mol. The van der Waals surface area contributed by atoms with Gasteiger partial charge in [0.2, 0.25) is 5.91 Å². The predicted octanol–water partition coefficient (Wildman–Crippen LogP) is 5.02. The highest BCUT2D eigenvalue weighted by Crippen LogP contribution is 2.42. The maximum Gasteiger partial charge on any atom is 0.305 e. The van der Waals surface area contributed by atoms with Crippen molar-refractivity contribution in [3.05, 3.63) is 57.8 Å². The monoisotopic (exact) mass is 451 g/mol. The number of benzene rings is 2. The molecule has 1 aliphatic rings. The first-order valence-electron chi connectivity index (χ1n) is 8.65. The molecule has 0 aromatic heterocycles. The molecule has 1 heterocycles. The van der Waals surface area contributed by atoms with E-state index in [0.717, 1.165) is 29.0 Å². The van der Waals surface area contributed by atoms with Gasteiger partial charge >= 0.3 is 5.97 Å². The van der Waals surface area contributed by atoms with Crippen molar-refractivity contribution in [2.75, 3.05) is 4.90 Å². The Morgan fingerprint density at radius 1 is 1.30 bits per heavy atom. The van der Waals surface area contributed by atoms with Gasteiger partial charge < -0.3 is 10.0 Å². The normalized spacial score (nSPS) is 16.3. The van der Waals surface area contributed by atoms with Gasteiger partial charge in [0, 0.05) is 14.9 Å². The van der Waals surface area contributed by atoms with Gasteiger partial charge in [0.15, 0.2) is 0 Å². The van der Waals surface area contributed by atoms with Gasteiger partial charge in [0.1, 0.15) is 5.82 Å². The second kappa shape index (κ2) is 8.44. The number of nitrogens with zero attached hydrogens (tertiary/aromatic N) is 1. The minimum atomic E-state index is -1.03. The van der Waals surface area contributed by atoms with Gasteiger partial charge in [-0.1, -0.05) is 41.4 Å². The molecule has 142 valence electrons. The van der Waals surface area contributed by atoms with E-state index in [0.29, 0.717) is 10.0 Å². The first kappa shape index (κ1) is 19.9. The molecule has 1 amide bonds. The van der Waals surface area contributed by atoms with Gasteiger partial charge in [0.05, 0.1) is 23.9 Å². The second-order valence-corrected chi connectivity index (χ2v) is 8.58. The number of carbonyl (C=O) groups is 2. The predicted molar refractivity (Wildman–Crippen MR) is 108 cm³/mol. The Bertz CT molecular complexity index is 890. The van der Waals surface area contributed by atoms with Gasteiger partial charge in [-0.15, -0.1) is 11.8 Å². The maximum atomic E-state index is 14.3. The fourth-order valence-corrected chi connectivity index (χ4v) is 4.61. The van der Waals surface area contributed by atoms with Crippen LogP contribution in [-0.4, -0.2) is 22.2 Å². The number of amides is 1. The fourth-order valence-electron chi connectivity index (χ4n) is 3.08. The molecule has 1 atom stereocenters. The van der Waals surface area contributed by atoms with Crippen LogP contribution in [0.5, 0.6) is 0 Å². The van der Waals surface area contributed by atoms with E-state index in [4.69, 9.17) is 5.11 Å². The average Bonchev–Trinajstić information content (AvgIpc) is 2.60. The van der Waals surface area contributed by atoms with Gasteiger partial charge in [-0.3, -0.25) is 9.59 Å². The van der Waals surface area contributed by atoms with Crippen LogP contribution in [-0.2, 0) is 22.6 Å². The van der Waals surface area contributed by atoms with Crippen molar-refractivity contribution in [3.63, 3.8) is 0 Å². The molecule has 0 bridgehead atoms. The number of aryl methyl sites for hydroxylation is 1. The fraction of sp³-hybridized carbons (Fsp3) is 0.300. The molecule has 3 rings (SSSR count). The number of carboxylic acids is 1. The number of hydrogen-bond acceptors (Lipinski definition) is 3. The van der Waals surface area contributed by atoms with E-state index in [1.54, 1.807) is 12.1 Å². The topological polar surface area (TPSA) is 57.6 Å². The SMILES string of the molecule is CCCc1ccc2c(c1)N(Cc1ccc(Br)cc1F)C(=O)C(CC(=O)O)S2. The van der Waals surface area contributed by atoms with E-state index in [1.165, 1.54) is 22.7 Å². The summed E-state index contributed by atoms with van der Waals surface area (Å²) in [4.78, 5) is 26.5. The van der Waals surface area contributed by atoms with Crippen LogP contribution in [0.2, 0.25) is 0 Å². The first-order chi connectivity index (χ1) is 12.9. The number of aliphatic carboxylic acids is 1. The first-order valence-corrected chi connectivity index (χ1v) is 10.3. The molecule has 1 aliphatic heterocycles. The summed E-state index contributed by atoms with van der Waals surface area (Å²) in [5.41, 5.74) is 2.21. The zero-order valence-electron chi connectivity index (χ0n) is 14.7. The number of hydrogen-bond donors (Lipinski definition) is 1. The number of carbonyl (C=O) groups excluding carboxylic acids is 1. The third-order valence-electron chi connectivity index (χ3n) is 4.37. The Balaban J connectivity index is 2.01. The van der Waals surface area contributed by atoms with Crippen molar-refractivity contribution in [1.29, 1.82) is 0 Å². The van der Waals surface area contributed by atoms with Crippen molar-refractivity contribution in [1.82, 2.24) is 0 Å². The standard InChI is InChI=1S/C20H19BrFNO3S/c1-2-3-12-4-7-17-16(8-12)23(20(26)18(27-17)10-19(24)25)11-13-5-6-14(21)9-15(13)22/h4-9,18H,2-3,10-11H2,1H3,(H,24,25). The van der Waals surface area contributed by atoms with Gasteiger partial charge in [-0.05, 0) is 36.2 Å². The van der Waals surface area contributed by atoms with Crippen molar-refractivity contribution in [2.24, 2.45) is 0 Å². The summed E-state index contributed by atoms with van der Waals surface area (Å²) in [6.45, 7) is 2.15. The molecular formula is C20H19BrFNO3S. The summed E-state index contributed by atoms with van der Waals surface area (Å²) in [5.74, 6) is -1.73. The highest BCUT2D eigenvalue weighted by atomic mass is 79.9. The minimum Gasteiger partial charge on any atom is -0.481 e. The molecule has 0 saturated carbocycles. The molecule has 1 unspecified atom stereocenters. The molecule has 0 saturated heterocycles. The highest BCUT2D eigenvalue weighted by Gasteiger charge is 2.35. The number of thioether (sulfide) groups is 1. The van der Waals surface area contributed by atoms with Gasteiger partial charge in [0.25, 0.3) is 0 Å². The quantitative estimate of drug-likeness (QED) is 0.669. The molecule has 0 aliphatic carbocycles. The number of anilines is 1. The van der Waals surface area contributed by atoms with Crippen molar-refractivity contribution in [2.45, 2.75) is 42.9 Å². The molecule has 0 spiro atoms. The number of halogens is 2. The molecule has 27 heavy (non-hydrogen) atoms. The molecule has 1 N–H and O–H groups in total. The van der Waals surface area contributed by atoms with Crippen LogP contribution in [0.25, 0.3) is 0 Å². The van der Waals surface area contributed by atoms with E-state index < -0.39 is 17.0 Å². The third-order valence-corrected chi connectivity index (χ3v) is 6.11. The van der Waals surface area contributed by atoms with Crippen LogP contribution in [0.1, 0.15) is 30.9 Å². The van der Waals surface area contributed by atoms with E-state index >= 15 is 0 Å². The third kappa shape index (κ3) is 4.52. The van der Waals surface area contributed by atoms with Crippen molar-refractivity contribution in [3.8, 4) is 0 Å². The largest absolute Gasteiger partial charge is 0.481 e. The summed E-state index contributed by atoms with van der Waals surface area (Å²) in [5, 5.41) is 8.43. The van der Waals surface area contributed by atoms with Crippen LogP contribution in [0.3, 0.4) is 0 Å². The zero-order chi connectivity index (χ0) is 19.6. The van der Waals surface area contributed by atoms with E-state index in [1.807, 2.05) is 18.2 Å². The smallest absolute Gasteiger partial charge is 0.305 e.